The molecule has 0 bridgehead atoms. The smallest absolute Gasteiger partial charge is 0.215 e. The first-order chi connectivity index (χ1) is 7.60. The summed E-state index contributed by atoms with van der Waals surface area (Å²) in [5, 5.41) is 7.64. The van der Waals surface area contributed by atoms with Crippen molar-refractivity contribution in [2.45, 2.75) is 31.3 Å². The minimum atomic E-state index is -0.669. The Morgan fingerprint density at radius 3 is 2.56 bits per heavy atom. The lowest BCUT2D eigenvalue weighted by Gasteiger charge is -2.25. The van der Waals surface area contributed by atoms with Crippen molar-refractivity contribution in [3.63, 3.8) is 0 Å². The van der Waals surface area contributed by atoms with Gasteiger partial charge >= 0.3 is 0 Å². The molecule has 0 amide bonds. The van der Waals surface area contributed by atoms with Crippen molar-refractivity contribution in [1.29, 1.82) is 0 Å². The zero-order valence-corrected chi connectivity index (χ0v) is 11.0. The summed E-state index contributed by atoms with van der Waals surface area (Å²) in [6.45, 7) is 0. The van der Waals surface area contributed by atoms with Crippen LogP contribution in [0.2, 0.25) is 0 Å². The Kier molecular flexibility index (Phi) is 3.12. The van der Waals surface area contributed by atoms with Gasteiger partial charge in [-0.05, 0) is 41.6 Å². The van der Waals surface area contributed by atoms with Gasteiger partial charge in [0.2, 0.25) is 5.78 Å². The van der Waals surface area contributed by atoms with Crippen LogP contribution in [0.25, 0.3) is 0 Å². The highest BCUT2D eigenvalue weighted by Crippen LogP contribution is 2.36. The van der Waals surface area contributed by atoms with E-state index >= 15 is 0 Å². The van der Waals surface area contributed by atoms with E-state index in [9.17, 15) is 4.79 Å². The Labute approximate surface area is 102 Å². The molecule has 0 N–H and O–H groups in total. The van der Waals surface area contributed by atoms with Crippen LogP contribution in [-0.4, -0.2) is 33.5 Å². The second-order valence-electron chi connectivity index (χ2n) is 4.09. The Hall–Kier alpha value is -0.750. The molecule has 0 aromatic carbocycles. The van der Waals surface area contributed by atoms with E-state index in [-0.39, 0.29) is 5.78 Å². The monoisotopic (exact) mass is 287 g/mol. The largest absolute Gasteiger partial charge is 0.370 e. The molecule has 0 saturated heterocycles. The highest BCUT2D eigenvalue weighted by molar-refractivity contribution is 9.10. The number of hydrogen-bond donors (Lipinski definition) is 0. The second kappa shape index (κ2) is 4.25. The summed E-state index contributed by atoms with van der Waals surface area (Å²) in [4.78, 5) is 12.4. The van der Waals surface area contributed by atoms with Crippen molar-refractivity contribution in [3.05, 3.63) is 10.3 Å². The summed E-state index contributed by atoms with van der Waals surface area (Å²) in [6.07, 6.45) is 3.62. The number of ether oxygens (including phenoxy) is 1. The van der Waals surface area contributed by atoms with Crippen LogP contribution in [0.1, 0.15) is 36.2 Å². The number of aromatic nitrogens is 3. The number of aryl methyl sites for hydroxylation is 1. The average molecular weight is 288 g/mol. The maximum Gasteiger partial charge on any atom is 0.215 e. The SMILES string of the molecule is COC1(C(=O)c2c(Br)nnn2C)CCCC1. The molecule has 0 unspecified atom stereocenters. The Morgan fingerprint density at radius 1 is 1.50 bits per heavy atom. The summed E-state index contributed by atoms with van der Waals surface area (Å²) in [5.74, 6) is -0.0214. The van der Waals surface area contributed by atoms with Crippen LogP contribution >= 0.6 is 15.9 Å². The van der Waals surface area contributed by atoms with E-state index in [1.54, 1.807) is 14.2 Å². The second-order valence-corrected chi connectivity index (χ2v) is 4.84. The molecule has 16 heavy (non-hydrogen) atoms. The lowest BCUT2D eigenvalue weighted by atomic mass is 9.94. The summed E-state index contributed by atoms with van der Waals surface area (Å²) < 4.78 is 7.44. The number of Topliss-reactive ketones (excluding diaryl/α,β-unsaturated/α-hetero) is 1. The predicted molar refractivity (Wildman–Crippen MR) is 61.2 cm³/mol. The fraction of sp³-hybridized carbons (Fsp3) is 0.700. The van der Waals surface area contributed by atoms with Gasteiger partial charge in [-0.1, -0.05) is 5.21 Å². The normalized spacial score (nSPS) is 18.9. The van der Waals surface area contributed by atoms with Gasteiger partial charge < -0.3 is 4.74 Å². The fourth-order valence-electron chi connectivity index (χ4n) is 2.26. The molecule has 88 valence electrons. The van der Waals surface area contributed by atoms with Crippen molar-refractivity contribution in [2.24, 2.45) is 7.05 Å². The quantitative estimate of drug-likeness (QED) is 0.795. The number of carbonyl (C=O) groups excluding carboxylic acids is 1. The number of rotatable bonds is 3. The van der Waals surface area contributed by atoms with Crippen molar-refractivity contribution in [1.82, 2.24) is 15.0 Å². The van der Waals surface area contributed by atoms with Crippen molar-refractivity contribution < 1.29 is 9.53 Å². The maximum absolute atomic E-state index is 12.4. The molecule has 1 aliphatic carbocycles. The Morgan fingerprint density at radius 2 is 2.12 bits per heavy atom. The van der Waals surface area contributed by atoms with E-state index in [2.05, 4.69) is 26.2 Å². The predicted octanol–water partition coefficient (Wildman–Crippen LogP) is 1.72. The molecular weight excluding hydrogens is 274 g/mol. The maximum atomic E-state index is 12.4. The van der Waals surface area contributed by atoms with Gasteiger partial charge in [-0.15, -0.1) is 5.10 Å². The van der Waals surface area contributed by atoms with E-state index in [1.807, 2.05) is 0 Å². The molecular formula is C10H14BrN3O2. The Bertz CT molecular complexity index is 391. The molecule has 1 aromatic rings. The molecule has 1 aliphatic rings. The van der Waals surface area contributed by atoms with Crippen molar-refractivity contribution in [3.8, 4) is 0 Å². The van der Waals surface area contributed by atoms with Gasteiger partial charge in [0.15, 0.2) is 4.60 Å². The first-order valence-corrected chi connectivity index (χ1v) is 6.05. The third-order valence-corrected chi connectivity index (χ3v) is 3.75. The van der Waals surface area contributed by atoms with Crippen LogP contribution in [0, 0.1) is 0 Å². The minimum Gasteiger partial charge on any atom is -0.370 e. The van der Waals surface area contributed by atoms with Crippen molar-refractivity contribution in [2.75, 3.05) is 7.11 Å². The number of hydrogen-bond acceptors (Lipinski definition) is 4. The van der Waals surface area contributed by atoms with Gasteiger partial charge in [-0.2, -0.15) is 0 Å². The lowest BCUT2D eigenvalue weighted by Crippen LogP contribution is -2.39. The molecule has 0 spiro atoms. The minimum absolute atomic E-state index is 0.0214. The number of methoxy groups -OCH3 is 1. The number of nitrogens with zero attached hydrogens (tertiary/aromatic N) is 3. The van der Waals surface area contributed by atoms with Gasteiger partial charge in [0.05, 0.1) is 0 Å². The standard InChI is InChI=1S/C10H14BrN3O2/c1-14-7(9(11)12-13-14)8(15)10(16-2)5-3-4-6-10/h3-6H2,1-2H3. The summed E-state index contributed by atoms with van der Waals surface area (Å²) in [6, 6.07) is 0. The van der Waals surface area contributed by atoms with Crippen LogP contribution in [0.15, 0.2) is 4.60 Å². The van der Waals surface area contributed by atoms with Gasteiger partial charge in [0.25, 0.3) is 0 Å². The molecule has 0 aliphatic heterocycles. The number of carbonyl (C=O) groups is 1. The van der Waals surface area contributed by atoms with Crippen LogP contribution in [0.4, 0.5) is 0 Å². The van der Waals surface area contributed by atoms with E-state index in [0.29, 0.717) is 10.3 Å². The highest BCUT2D eigenvalue weighted by Gasteiger charge is 2.43. The zero-order chi connectivity index (χ0) is 11.8. The first kappa shape index (κ1) is 11.7. The van der Waals surface area contributed by atoms with E-state index in [4.69, 9.17) is 4.74 Å². The molecule has 1 saturated carbocycles. The number of halogens is 1. The highest BCUT2D eigenvalue weighted by atomic mass is 79.9. The van der Waals surface area contributed by atoms with Gasteiger partial charge in [0.1, 0.15) is 11.3 Å². The molecule has 6 heteroatoms. The average Bonchev–Trinajstić information content (AvgIpc) is 2.86. The molecule has 5 nitrogen and oxygen atoms in total. The Balaban J connectivity index is 2.38. The van der Waals surface area contributed by atoms with Gasteiger partial charge in [-0.25, -0.2) is 4.68 Å². The van der Waals surface area contributed by atoms with Gasteiger partial charge in [0, 0.05) is 14.2 Å². The van der Waals surface area contributed by atoms with Crippen LogP contribution in [-0.2, 0) is 11.8 Å². The first-order valence-electron chi connectivity index (χ1n) is 5.26. The fourth-order valence-corrected chi connectivity index (χ4v) is 2.77. The van der Waals surface area contributed by atoms with E-state index in [0.717, 1.165) is 25.7 Å². The van der Waals surface area contributed by atoms with Crippen LogP contribution in [0.5, 0.6) is 0 Å². The molecule has 0 atom stereocenters. The molecule has 0 radical (unpaired) electrons. The molecule has 1 heterocycles. The summed E-state index contributed by atoms with van der Waals surface area (Å²) >= 11 is 3.25. The third kappa shape index (κ3) is 1.69. The van der Waals surface area contributed by atoms with Crippen LogP contribution < -0.4 is 0 Å². The summed E-state index contributed by atoms with van der Waals surface area (Å²) in [7, 11) is 3.31. The molecule has 2 rings (SSSR count). The van der Waals surface area contributed by atoms with E-state index in [1.165, 1.54) is 4.68 Å². The van der Waals surface area contributed by atoms with Crippen LogP contribution in [0.3, 0.4) is 0 Å². The van der Waals surface area contributed by atoms with E-state index < -0.39 is 5.60 Å². The topological polar surface area (TPSA) is 57.0 Å². The third-order valence-electron chi connectivity index (χ3n) is 3.22. The van der Waals surface area contributed by atoms with Gasteiger partial charge in [-0.3, -0.25) is 4.79 Å². The van der Waals surface area contributed by atoms with Crippen molar-refractivity contribution >= 4 is 21.7 Å². The summed E-state index contributed by atoms with van der Waals surface area (Å²) in [5.41, 5.74) is -0.179. The lowest BCUT2D eigenvalue weighted by molar-refractivity contribution is 0.00516. The zero-order valence-electron chi connectivity index (χ0n) is 9.36. The number of ketones is 1. The molecule has 1 aromatic heterocycles. The molecule has 1 fully saturated rings.